The summed E-state index contributed by atoms with van der Waals surface area (Å²) in [5.74, 6) is 6.47. The zero-order valence-electron chi connectivity index (χ0n) is 6.34. The van der Waals surface area contributed by atoms with E-state index in [9.17, 15) is 0 Å². The minimum absolute atomic E-state index is 0.591. The van der Waals surface area contributed by atoms with Gasteiger partial charge in [0.1, 0.15) is 0 Å². The normalized spacial score (nSPS) is 8.91. The molecule has 0 saturated carbocycles. The molecule has 0 aliphatic rings. The number of halogens is 1. The van der Waals surface area contributed by atoms with E-state index >= 15 is 0 Å². The van der Waals surface area contributed by atoms with Crippen molar-refractivity contribution in [1.29, 1.82) is 0 Å². The number of rotatable bonds is 1. The molecule has 0 aromatic carbocycles. The molecule has 0 spiro atoms. The smallest absolute Gasteiger partial charge is 0.0646 e. The quantitative estimate of drug-likeness (QED) is 0.458. The average molecular weight is 169 g/mol. The summed E-state index contributed by atoms with van der Waals surface area (Å²) in [5.41, 5.74) is 0.942. The van der Waals surface area contributed by atoms with Gasteiger partial charge in [-0.15, -0.1) is 11.6 Å². The molecular weight excluding hydrogens is 160 g/mol. The number of hydrogen-bond donors (Lipinski definition) is 0. The molecule has 0 saturated heterocycles. The fourth-order valence-corrected chi connectivity index (χ4v) is 0.792. The van der Waals surface area contributed by atoms with E-state index in [0.29, 0.717) is 5.88 Å². The Labute approximate surface area is 71.2 Å². The molecule has 3 heteroatoms. The highest BCUT2D eigenvalue weighted by atomic mass is 35.5. The highest BCUT2D eigenvalue weighted by Crippen LogP contribution is 1.92. The van der Waals surface area contributed by atoms with Crippen LogP contribution in [-0.2, 0) is 7.05 Å². The van der Waals surface area contributed by atoms with Gasteiger partial charge in [0.15, 0.2) is 0 Å². The maximum Gasteiger partial charge on any atom is 0.0646 e. The van der Waals surface area contributed by atoms with Crippen LogP contribution in [0.3, 0.4) is 0 Å². The highest BCUT2D eigenvalue weighted by molar-refractivity contribution is 6.18. The summed E-state index contributed by atoms with van der Waals surface area (Å²) in [6, 6.07) is 0. The molecule has 0 radical (unpaired) electrons. The summed E-state index contributed by atoms with van der Waals surface area (Å²) in [5, 5.41) is 3.98. The van der Waals surface area contributed by atoms with Crippen LogP contribution in [0.5, 0.6) is 0 Å². The summed E-state index contributed by atoms with van der Waals surface area (Å²) in [6.45, 7) is 0. The fourth-order valence-electron chi connectivity index (χ4n) is 0.698. The summed E-state index contributed by atoms with van der Waals surface area (Å²) >= 11 is 5.45. The van der Waals surface area contributed by atoms with Crippen LogP contribution in [0.1, 0.15) is 12.0 Å². The highest BCUT2D eigenvalue weighted by Gasteiger charge is 1.87. The van der Waals surface area contributed by atoms with Crippen molar-refractivity contribution in [1.82, 2.24) is 9.78 Å². The second-order valence-electron chi connectivity index (χ2n) is 2.14. The molecule has 58 valence electrons. The standard InChI is InChI=1S/C8H9ClN2/c1-11-7-8(6-10-11)4-2-3-5-9/h6-7H,3,5H2,1H3. The van der Waals surface area contributed by atoms with Gasteiger partial charge in [-0.25, -0.2) is 0 Å². The number of alkyl halides is 1. The van der Waals surface area contributed by atoms with E-state index in [2.05, 4.69) is 16.9 Å². The van der Waals surface area contributed by atoms with Crippen molar-refractivity contribution in [3.63, 3.8) is 0 Å². The lowest BCUT2D eigenvalue weighted by Crippen LogP contribution is -1.83. The first-order valence-electron chi connectivity index (χ1n) is 3.36. The predicted molar refractivity (Wildman–Crippen MR) is 45.4 cm³/mol. The van der Waals surface area contributed by atoms with Crippen molar-refractivity contribution in [3.05, 3.63) is 18.0 Å². The zero-order valence-corrected chi connectivity index (χ0v) is 7.10. The number of nitrogens with zero attached hydrogens (tertiary/aromatic N) is 2. The molecule has 11 heavy (non-hydrogen) atoms. The van der Waals surface area contributed by atoms with Gasteiger partial charge < -0.3 is 0 Å². The summed E-state index contributed by atoms with van der Waals surface area (Å²) in [6.07, 6.45) is 4.35. The molecule has 1 rings (SSSR count). The van der Waals surface area contributed by atoms with Gasteiger partial charge in [0.05, 0.1) is 11.8 Å². The maximum absolute atomic E-state index is 5.45. The Morgan fingerprint density at radius 3 is 3.09 bits per heavy atom. The van der Waals surface area contributed by atoms with Crippen LogP contribution < -0.4 is 0 Å². The lowest BCUT2D eigenvalue weighted by Gasteiger charge is -1.79. The monoisotopic (exact) mass is 168 g/mol. The molecule has 0 N–H and O–H groups in total. The Kier molecular flexibility index (Phi) is 3.00. The van der Waals surface area contributed by atoms with Crippen molar-refractivity contribution in [3.8, 4) is 11.8 Å². The second kappa shape index (κ2) is 4.05. The first kappa shape index (κ1) is 8.16. The summed E-state index contributed by atoms with van der Waals surface area (Å²) < 4.78 is 1.73. The van der Waals surface area contributed by atoms with Gasteiger partial charge in [0.25, 0.3) is 0 Å². The lowest BCUT2D eigenvalue weighted by atomic mass is 10.3. The van der Waals surface area contributed by atoms with Crippen LogP contribution in [0.25, 0.3) is 0 Å². The van der Waals surface area contributed by atoms with E-state index in [4.69, 9.17) is 11.6 Å². The molecule has 1 aromatic heterocycles. The van der Waals surface area contributed by atoms with Gasteiger partial charge in [-0.3, -0.25) is 4.68 Å². The van der Waals surface area contributed by atoms with Crippen LogP contribution >= 0.6 is 11.6 Å². The second-order valence-corrected chi connectivity index (χ2v) is 2.52. The third-order valence-corrected chi connectivity index (χ3v) is 1.35. The van der Waals surface area contributed by atoms with Gasteiger partial charge in [0, 0.05) is 25.5 Å². The van der Waals surface area contributed by atoms with Crippen LogP contribution in [0.2, 0.25) is 0 Å². The topological polar surface area (TPSA) is 17.8 Å². The molecule has 0 fully saturated rings. The van der Waals surface area contributed by atoms with E-state index in [-0.39, 0.29) is 0 Å². The van der Waals surface area contributed by atoms with Crippen molar-refractivity contribution in [2.75, 3.05) is 5.88 Å². The predicted octanol–water partition coefficient (Wildman–Crippen LogP) is 1.40. The van der Waals surface area contributed by atoms with E-state index < -0.39 is 0 Å². The van der Waals surface area contributed by atoms with E-state index in [1.807, 2.05) is 13.2 Å². The van der Waals surface area contributed by atoms with Crippen LogP contribution in [0.4, 0.5) is 0 Å². The molecule has 0 amide bonds. The van der Waals surface area contributed by atoms with Gasteiger partial charge >= 0.3 is 0 Å². The van der Waals surface area contributed by atoms with Gasteiger partial charge in [-0.1, -0.05) is 11.8 Å². The Balaban J connectivity index is 2.59. The molecule has 1 aromatic rings. The number of hydrogen-bond acceptors (Lipinski definition) is 1. The van der Waals surface area contributed by atoms with Crippen molar-refractivity contribution < 1.29 is 0 Å². The molecule has 0 aliphatic carbocycles. The minimum Gasteiger partial charge on any atom is -0.275 e. The number of aromatic nitrogens is 2. The van der Waals surface area contributed by atoms with Crippen LogP contribution in [-0.4, -0.2) is 15.7 Å². The van der Waals surface area contributed by atoms with Crippen LogP contribution in [0.15, 0.2) is 12.4 Å². The third kappa shape index (κ3) is 2.65. The Morgan fingerprint density at radius 2 is 2.55 bits per heavy atom. The molecule has 0 bridgehead atoms. The summed E-state index contributed by atoms with van der Waals surface area (Å²) in [7, 11) is 1.87. The van der Waals surface area contributed by atoms with E-state index in [1.54, 1.807) is 10.9 Å². The third-order valence-electron chi connectivity index (χ3n) is 1.16. The molecular formula is C8H9ClN2. The molecule has 1 heterocycles. The van der Waals surface area contributed by atoms with E-state index in [0.717, 1.165) is 12.0 Å². The van der Waals surface area contributed by atoms with Gasteiger partial charge in [-0.2, -0.15) is 5.10 Å². The maximum atomic E-state index is 5.45. The molecule has 0 aliphatic heterocycles. The molecule has 2 nitrogen and oxygen atoms in total. The first-order chi connectivity index (χ1) is 5.33. The summed E-state index contributed by atoms with van der Waals surface area (Å²) in [4.78, 5) is 0. The fraction of sp³-hybridized carbons (Fsp3) is 0.375. The van der Waals surface area contributed by atoms with Crippen LogP contribution in [0, 0.1) is 11.8 Å². The SMILES string of the molecule is Cn1cc(C#CCCCl)cn1. The largest absolute Gasteiger partial charge is 0.275 e. The number of aryl methyl sites for hydroxylation is 1. The van der Waals surface area contributed by atoms with Crippen molar-refractivity contribution in [2.24, 2.45) is 7.05 Å². The first-order valence-corrected chi connectivity index (χ1v) is 3.90. The van der Waals surface area contributed by atoms with Crippen molar-refractivity contribution in [2.45, 2.75) is 6.42 Å². The molecule has 0 unspecified atom stereocenters. The zero-order chi connectivity index (χ0) is 8.10. The average Bonchev–Trinajstić information content (AvgIpc) is 2.37. The molecule has 0 atom stereocenters. The minimum atomic E-state index is 0.591. The Bertz CT molecular complexity index is 280. The Hall–Kier alpha value is -0.940. The Morgan fingerprint density at radius 1 is 1.73 bits per heavy atom. The van der Waals surface area contributed by atoms with E-state index in [1.165, 1.54) is 0 Å². The lowest BCUT2D eigenvalue weighted by molar-refractivity contribution is 0.767. The van der Waals surface area contributed by atoms with Gasteiger partial charge in [-0.05, 0) is 0 Å². The van der Waals surface area contributed by atoms with Crippen molar-refractivity contribution >= 4 is 11.6 Å². The van der Waals surface area contributed by atoms with Gasteiger partial charge in [0.2, 0.25) is 0 Å².